The minimum absolute atomic E-state index is 0.219. The fourth-order valence-electron chi connectivity index (χ4n) is 1.20. The molecule has 0 aliphatic heterocycles. The Kier molecular flexibility index (Phi) is 3.40. The molecule has 1 aromatic rings. The molecule has 1 rings (SSSR count). The fraction of sp³-hybridized carbons (Fsp3) is 0.455. The van der Waals surface area contributed by atoms with Crippen molar-refractivity contribution in [3.8, 4) is 0 Å². The van der Waals surface area contributed by atoms with Gasteiger partial charge in [0.25, 0.3) is 0 Å². The highest BCUT2D eigenvalue weighted by Gasteiger charge is 2.08. The second kappa shape index (κ2) is 4.35. The maximum atomic E-state index is 13.1. The summed E-state index contributed by atoms with van der Waals surface area (Å²) < 4.78 is 26.1. The van der Waals surface area contributed by atoms with Gasteiger partial charge in [-0.25, -0.2) is 8.78 Å². The van der Waals surface area contributed by atoms with Crippen LogP contribution in [0.2, 0.25) is 0 Å². The van der Waals surface area contributed by atoms with Crippen LogP contribution in [0.4, 0.5) is 8.78 Å². The van der Waals surface area contributed by atoms with Crippen molar-refractivity contribution < 1.29 is 8.78 Å². The van der Waals surface area contributed by atoms with Crippen LogP contribution in [0.1, 0.15) is 25.8 Å². The summed E-state index contributed by atoms with van der Waals surface area (Å²) in [5.74, 6) is -0.389. The van der Waals surface area contributed by atoms with Gasteiger partial charge in [-0.05, 0) is 30.9 Å². The molecule has 0 N–H and O–H groups in total. The molecule has 13 heavy (non-hydrogen) atoms. The van der Waals surface area contributed by atoms with Crippen LogP contribution in [0, 0.1) is 17.6 Å². The molecule has 0 fully saturated rings. The van der Waals surface area contributed by atoms with Gasteiger partial charge in [0, 0.05) is 5.56 Å². The molecule has 0 nitrogen and oxygen atoms in total. The van der Waals surface area contributed by atoms with E-state index in [1.165, 1.54) is 18.2 Å². The lowest BCUT2D eigenvalue weighted by Gasteiger charge is -2.06. The van der Waals surface area contributed by atoms with Gasteiger partial charge in [-0.1, -0.05) is 19.9 Å². The summed E-state index contributed by atoms with van der Waals surface area (Å²) >= 11 is 0. The Morgan fingerprint density at radius 2 is 1.69 bits per heavy atom. The van der Waals surface area contributed by atoms with Crippen molar-refractivity contribution in [2.24, 2.45) is 5.92 Å². The van der Waals surface area contributed by atoms with E-state index >= 15 is 0 Å². The van der Waals surface area contributed by atoms with Crippen LogP contribution in [0.15, 0.2) is 18.2 Å². The van der Waals surface area contributed by atoms with Gasteiger partial charge in [0.1, 0.15) is 11.6 Å². The number of benzene rings is 1. The monoisotopic (exact) mass is 184 g/mol. The van der Waals surface area contributed by atoms with E-state index < -0.39 is 11.6 Å². The Bertz CT molecular complexity index is 259. The lowest BCUT2D eigenvalue weighted by molar-refractivity contribution is 0.522. The SMILES string of the molecule is CC(C)CCc1c(F)cccc1F. The molecule has 0 aliphatic rings. The minimum atomic E-state index is -0.430. The molecule has 0 amide bonds. The second-order valence-corrected chi connectivity index (χ2v) is 3.63. The lowest BCUT2D eigenvalue weighted by Crippen LogP contribution is -1.98. The first kappa shape index (κ1) is 10.2. The quantitative estimate of drug-likeness (QED) is 0.673. The zero-order valence-electron chi connectivity index (χ0n) is 7.98. The molecule has 72 valence electrons. The molecule has 0 atom stereocenters. The normalized spacial score (nSPS) is 10.8. The largest absolute Gasteiger partial charge is 0.207 e. The van der Waals surface area contributed by atoms with E-state index in [1.54, 1.807) is 0 Å². The molecule has 0 bridgehead atoms. The Hall–Kier alpha value is -0.920. The van der Waals surface area contributed by atoms with Gasteiger partial charge in [0.15, 0.2) is 0 Å². The van der Waals surface area contributed by atoms with E-state index in [9.17, 15) is 8.78 Å². The smallest absolute Gasteiger partial charge is 0.129 e. The van der Waals surface area contributed by atoms with E-state index in [2.05, 4.69) is 0 Å². The van der Waals surface area contributed by atoms with E-state index in [4.69, 9.17) is 0 Å². The van der Waals surface area contributed by atoms with E-state index in [0.717, 1.165) is 6.42 Å². The van der Waals surface area contributed by atoms with Gasteiger partial charge in [0.2, 0.25) is 0 Å². The summed E-state index contributed by atoms with van der Waals surface area (Å²) in [6.07, 6.45) is 1.30. The third-order valence-electron chi connectivity index (χ3n) is 2.03. The minimum Gasteiger partial charge on any atom is -0.207 e. The summed E-state index contributed by atoms with van der Waals surface area (Å²) in [4.78, 5) is 0. The zero-order chi connectivity index (χ0) is 9.84. The standard InChI is InChI=1S/C11H14F2/c1-8(2)6-7-9-10(12)4-3-5-11(9)13/h3-5,8H,6-7H2,1-2H3. The van der Waals surface area contributed by atoms with Crippen LogP contribution in [0.25, 0.3) is 0 Å². The average molecular weight is 184 g/mol. The highest BCUT2D eigenvalue weighted by molar-refractivity contribution is 5.19. The van der Waals surface area contributed by atoms with Gasteiger partial charge in [-0.2, -0.15) is 0 Å². The molecule has 0 heterocycles. The second-order valence-electron chi connectivity index (χ2n) is 3.63. The molecule has 1 aromatic carbocycles. The molecule has 0 spiro atoms. The summed E-state index contributed by atoms with van der Waals surface area (Å²) in [5, 5.41) is 0. The molecule has 0 radical (unpaired) electrons. The number of hydrogen-bond donors (Lipinski definition) is 0. The third kappa shape index (κ3) is 2.79. The van der Waals surface area contributed by atoms with Crippen LogP contribution in [0.3, 0.4) is 0 Å². The van der Waals surface area contributed by atoms with Crippen molar-refractivity contribution in [3.63, 3.8) is 0 Å². The number of rotatable bonds is 3. The molecule has 2 heteroatoms. The molecule has 0 saturated carbocycles. The van der Waals surface area contributed by atoms with Crippen molar-refractivity contribution in [1.82, 2.24) is 0 Å². The molecule has 0 aromatic heterocycles. The Balaban J connectivity index is 2.75. The topological polar surface area (TPSA) is 0 Å². The van der Waals surface area contributed by atoms with Gasteiger partial charge in [-0.15, -0.1) is 0 Å². The average Bonchev–Trinajstić information content (AvgIpc) is 2.03. The van der Waals surface area contributed by atoms with Gasteiger partial charge in [0.05, 0.1) is 0 Å². The van der Waals surface area contributed by atoms with Crippen LogP contribution in [-0.4, -0.2) is 0 Å². The Morgan fingerprint density at radius 3 is 2.15 bits per heavy atom. The molecular formula is C11H14F2. The number of halogens is 2. The van der Waals surface area contributed by atoms with E-state index in [0.29, 0.717) is 12.3 Å². The molecule has 0 unspecified atom stereocenters. The molecule has 0 aliphatic carbocycles. The van der Waals surface area contributed by atoms with E-state index in [-0.39, 0.29) is 5.56 Å². The summed E-state index contributed by atoms with van der Waals surface area (Å²) in [7, 11) is 0. The number of hydrogen-bond acceptors (Lipinski definition) is 0. The van der Waals surface area contributed by atoms with Crippen molar-refractivity contribution in [2.45, 2.75) is 26.7 Å². The predicted octanol–water partition coefficient (Wildman–Crippen LogP) is 3.55. The zero-order valence-corrected chi connectivity index (χ0v) is 7.98. The van der Waals surface area contributed by atoms with Gasteiger partial charge in [-0.3, -0.25) is 0 Å². The van der Waals surface area contributed by atoms with Crippen molar-refractivity contribution in [2.75, 3.05) is 0 Å². The molecule has 0 saturated heterocycles. The summed E-state index contributed by atoms with van der Waals surface area (Å²) in [6.45, 7) is 4.08. The highest BCUT2D eigenvalue weighted by Crippen LogP contribution is 2.16. The first-order valence-electron chi connectivity index (χ1n) is 4.54. The summed E-state index contributed by atoms with van der Waals surface area (Å²) in [5.41, 5.74) is 0.219. The highest BCUT2D eigenvalue weighted by atomic mass is 19.1. The van der Waals surface area contributed by atoms with Crippen molar-refractivity contribution in [1.29, 1.82) is 0 Å². The van der Waals surface area contributed by atoms with Crippen LogP contribution in [-0.2, 0) is 6.42 Å². The van der Waals surface area contributed by atoms with Gasteiger partial charge >= 0.3 is 0 Å². The predicted molar refractivity (Wildman–Crippen MR) is 49.5 cm³/mol. The fourth-order valence-corrected chi connectivity index (χ4v) is 1.20. The third-order valence-corrected chi connectivity index (χ3v) is 2.03. The summed E-state index contributed by atoms with van der Waals surface area (Å²) in [6, 6.07) is 4.00. The molecular weight excluding hydrogens is 170 g/mol. The van der Waals surface area contributed by atoms with E-state index in [1.807, 2.05) is 13.8 Å². The van der Waals surface area contributed by atoms with Crippen LogP contribution < -0.4 is 0 Å². The van der Waals surface area contributed by atoms with Gasteiger partial charge < -0.3 is 0 Å². The Labute approximate surface area is 77.6 Å². The van der Waals surface area contributed by atoms with Crippen LogP contribution >= 0.6 is 0 Å². The van der Waals surface area contributed by atoms with Crippen molar-refractivity contribution in [3.05, 3.63) is 35.4 Å². The first-order valence-corrected chi connectivity index (χ1v) is 4.54. The maximum absolute atomic E-state index is 13.1. The van der Waals surface area contributed by atoms with Crippen molar-refractivity contribution >= 4 is 0 Å². The first-order chi connectivity index (χ1) is 6.11. The van der Waals surface area contributed by atoms with Crippen LogP contribution in [0.5, 0.6) is 0 Å². The maximum Gasteiger partial charge on any atom is 0.129 e. The lowest BCUT2D eigenvalue weighted by atomic mass is 10.0. The Morgan fingerprint density at radius 1 is 1.15 bits per heavy atom.